The maximum absolute atomic E-state index is 2.46. The number of rotatable bonds is 34. The molecule has 0 aromatic carbocycles. The lowest BCUT2D eigenvalue weighted by molar-refractivity contribution is 0.292. The summed E-state index contributed by atoms with van der Waals surface area (Å²) < 4.78 is 0.436. The first-order chi connectivity index (χ1) is 19.8. The summed E-state index contributed by atoms with van der Waals surface area (Å²) in [5, 5.41) is 0. The van der Waals surface area contributed by atoms with E-state index in [1.165, 1.54) is 205 Å². The first-order valence-corrected chi connectivity index (χ1v) is 20.5. The Balaban J connectivity index is 3.17. The molecule has 0 nitrogen and oxygen atoms in total. The minimum atomic E-state index is 0.436. The Morgan fingerprint density at radius 2 is 0.585 bits per heavy atom. The molecule has 0 fully saturated rings. The average molecular weight is 595 g/mol. The van der Waals surface area contributed by atoms with Crippen molar-refractivity contribution in [3.63, 3.8) is 0 Å². The summed E-state index contributed by atoms with van der Waals surface area (Å²) in [7, 11) is 0. The van der Waals surface area contributed by atoms with Gasteiger partial charge in [-0.05, 0) is 24.0 Å². The quantitative estimate of drug-likeness (QED) is 0.0668. The van der Waals surface area contributed by atoms with Crippen LogP contribution in [-0.4, -0.2) is 10.5 Å². The van der Waals surface area contributed by atoms with Gasteiger partial charge in [-0.15, -0.1) is 0 Å². The van der Waals surface area contributed by atoms with Crippen LogP contribution in [0.1, 0.15) is 241 Å². The second kappa shape index (κ2) is 30.4. The van der Waals surface area contributed by atoms with Gasteiger partial charge in [-0.1, -0.05) is 228 Å². The summed E-state index contributed by atoms with van der Waals surface area (Å²) in [6.07, 6.45) is 45.4. The van der Waals surface area contributed by atoms with Gasteiger partial charge in [0.15, 0.2) is 0 Å². The molecule has 0 radical (unpaired) electrons. The Labute approximate surface area is 267 Å². The van der Waals surface area contributed by atoms with Crippen molar-refractivity contribution >= 4 is 11.8 Å². The number of hydrogen-bond acceptors (Lipinski definition) is 1. The Morgan fingerprint density at radius 3 is 0.829 bits per heavy atom. The van der Waals surface area contributed by atoms with Gasteiger partial charge >= 0.3 is 0 Å². The lowest BCUT2D eigenvalue weighted by Crippen LogP contribution is -2.25. The molecule has 0 aliphatic rings. The van der Waals surface area contributed by atoms with Crippen molar-refractivity contribution in [2.75, 3.05) is 5.75 Å². The Morgan fingerprint density at radius 1 is 0.341 bits per heavy atom. The highest BCUT2D eigenvalue weighted by Gasteiger charge is 2.27. The summed E-state index contributed by atoms with van der Waals surface area (Å²) in [5.41, 5.74) is 0.488. The van der Waals surface area contributed by atoms with E-state index in [4.69, 9.17) is 0 Å². The second-order valence-electron chi connectivity index (χ2n) is 15.2. The molecule has 41 heavy (non-hydrogen) atoms. The monoisotopic (exact) mass is 595 g/mol. The van der Waals surface area contributed by atoms with Gasteiger partial charge in [-0.2, -0.15) is 11.8 Å². The highest BCUT2D eigenvalue weighted by atomic mass is 32.2. The van der Waals surface area contributed by atoms with Crippen molar-refractivity contribution in [1.82, 2.24) is 0 Å². The van der Waals surface area contributed by atoms with Crippen molar-refractivity contribution in [3.05, 3.63) is 0 Å². The molecule has 0 unspecified atom stereocenters. The third-order valence-corrected chi connectivity index (χ3v) is 11.0. The fraction of sp³-hybridized carbons (Fsp3) is 1.00. The van der Waals surface area contributed by atoms with Gasteiger partial charge in [0.2, 0.25) is 0 Å². The Hall–Kier alpha value is 0.350. The minimum Gasteiger partial charge on any atom is -0.156 e. The van der Waals surface area contributed by atoms with Gasteiger partial charge in [0.05, 0.1) is 0 Å². The van der Waals surface area contributed by atoms with Crippen LogP contribution >= 0.6 is 11.8 Å². The van der Waals surface area contributed by atoms with Crippen LogP contribution in [0.2, 0.25) is 0 Å². The molecule has 0 N–H and O–H groups in total. The maximum atomic E-state index is 2.46. The zero-order chi connectivity index (χ0) is 30.3. The minimum absolute atomic E-state index is 0.436. The standard InChI is InChI=1S/C40H82S/c1-7-9-10-11-12-13-14-15-16-17-18-19-20-21-22-23-24-25-26-27-28-29-30-31-32-33-34-35-36-37-41-40(5,6)38-39(3,4)8-2/h7-38H2,1-6H3. The van der Waals surface area contributed by atoms with Crippen LogP contribution in [0, 0.1) is 5.41 Å². The van der Waals surface area contributed by atoms with Crippen molar-refractivity contribution < 1.29 is 0 Å². The molecule has 0 bridgehead atoms. The van der Waals surface area contributed by atoms with Crippen molar-refractivity contribution in [1.29, 1.82) is 0 Å². The molecular formula is C40H82S. The fourth-order valence-electron chi connectivity index (χ4n) is 6.63. The second-order valence-corrected chi connectivity index (χ2v) is 17.0. The van der Waals surface area contributed by atoms with Gasteiger partial charge in [0.1, 0.15) is 0 Å². The molecule has 0 aromatic heterocycles. The summed E-state index contributed by atoms with van der Waals surface area (Å²) in [4.78, 5) is 0. The van der Waals surface area contributed by atoms with E-state index in [0.29, 0.717) is 10.2 Å². The molecule has 0 amide bonds. The van der Waals surface area contributed by atoms with Crippen LogP contribution < -0.4 is 0 Å². The van der Waals surface area contributed by atoms with E-state index in [2.05, 4.69) is 53.3 Å². The molecule has 0 saturated carbocycles. The normalized spacial score (nSPS) is 12.4. The predicted octanol–water partition coefficient (Wildman–Crippen LogP) is 15.7. The van der Waals surface area contributed by atoms with Crippen molar-refractivity contribution in [2.45, 2.75) is 245 Å². The Kier molecular flexibility index (Phi) is 30.6. The lowest BCUT2D eigenvalue weighted by Gasteiger charge is -2.34. The van der Waals surface area contributed by atoms with E-state index < -0.39 is 0 Å². The number of hydrogen-bond donors (Lipinski definition) is 0. The van der Waals surface area contributed by atoms with E-state index in [9.17, 15) is 0 Å². The third-order valence-electron chi connectivity index (χ3n) is 9.60. The van der Waals surface area contributed by atoms with Gasteiger partial charge < -0.3 is 0 Å². The molecule has 0 atom stereocenters. The van der Waals surface area contributed by atoms with Crippen molar-refractivity contribution in [2.24, 2.45) is 5.41 Å². The average Bonchev–Trinajstić information content (AvgIpc) is 2.93. The smallest absolute Gasteiger partial charge is 0.0108 e. The van der Waals surface area contributed by atoms with E-state index in [0.717, 1.165) is 0 Å². The van der Waals surface area contributed by atoms with Gasteiger partial charge in [-0.3, -0.25) is 0 Å². The van der Waals surface area contributed by atoms with Crippen molar-refractivity contribution in [3.8, 4) is 0 Å². The summed E-state index contributed by atoms with van der Waals surface area (Å²) in [5.74, 6) is 1.35. The van der Waals surface area contributed by atoms with Crippen LogP contribution in [0.5, 0.6) is 0 Å². The van der Waals surface area contributed by atoms with Crippen LogP contribution in [0.4, 0.5) is 0 Å². The largest absolute Gasteiger partial charge is 0.156 e. The van der Waals surface area contributed by atoms with Crippen LogP contribution in [0.15, 0.2) is 0 Å². The molecule has 1 heteroatoms. The van der Waals surface area contributed by atoms with Crippen LogP contribution in [0.3, 0.4) is 0 Å². The van der Waals surface area contributed by atoms with Gasteiger partial charge in [0.25, 0.3) is 0 Å². The Bertz CT molecular complexity index is 493. The van der Waals surface area contributed by atoms with E-state index in [1.807, 2.05) is 0 Å². The molecule has 0 heterocycles. The van der Waals surface area contributed by atoms with E-state index in [1.54, 1.807) is 0 Å². The number of unbranched alkanes of at least 4 members (excludes halogenated alkanes) is 28. The molecule has 248 valence electrons. The maximum Gasteiger partial charge on any atom is 0.0108 e. The highest BCUT2D eigenvalue weighted by molar-refractivity contribution is 8.00. The molecular weight excluding hydrogens is 513 g/mol. The molecule has 0 rings (SSSR count). The van der Waals surface area contributed by atoms with E-state index in [-0.39, 0.29) is 0 Å². The summed E-state index contributed by atoms with van der Waals surface area (Å²) in [6, 6.07) is 0. The molecule has 0 saturated heterocycles. The molecule has 0 aliphatic heterocycles. The first kappa shape index (κ1) is 41.4. The van der Waals surface area contributed by atoms with Crippen LogP contribution in [0.25, 0.3) is 0 Å². The predicted molar refractivity (Wildman–Crippen MR) is 195 cm³/mol. The van der Waals surface area contributed by atoms with Gasteiger partial charge in [-0.25, -0.2) is 0 Å². The SMILES string of the molecule is CCCCCCCCCCCCCCCCCCCCCCCCCCCCCCCSC(C)(C)CC(C)(C)CC. The fourth-order valence-corrected chi connectivity index (χ4v) is 8.02. The topological polar surface area (TPSA) is 0 Å². The van der Waals surface area contributed by atoms with Gasteiger partial charge in [0, 0.05) is 4.75 Å². The van der Waals surface area contributed by atoms with Crippen LogP contribution in [-0.2, 0) is 0 Å². The molecule has 0 aromatic rings. The first-order valence-electron chi connectivity index (χ1n) is 19.5. The molecule has 0 aliphatic carbocycles. The lowest BCUT2D eigenvalue weighted by atomic mass is 9.81. The number of thioether (sulfide) groups is 1. The summed E-state index contributed by atoms with van der Waals surface area (Å²) in [6.45, 7) is 14.4. The molecule has 0 spiro atoms. The summed E-state index contributed by atoms with van der Waals surface area (Å²) >= 11 is 2.22. The third kappa shape index (κ3) is 33.1. The zero-order valence-corrected chi connectivity index (χ0v) is 30.9. The highest BCUT2D eigenvalue weighted by Crippen LogP contribution is 2.39. The zero-order valence-electron chi connectivity index (χ0n) is 30.0. The van der Waals surface area contributed by atoms with E-state index >= 15 is 0 Å².